The third kappa shape index (κ3) is 2.04. The number of nitrogens with two attached hydrogens (primary N) is 1. The van der Waals surface area contributed by atoms with Crippen LogP contribution in [-0.2, 0) is 0 Å². The van der Waals surface area contributed by atoms with E-state index in [4.69, 9.17) is 10.5 Å². The van der Waals surface area contributed by atoms with E-state index in [1.807, 2.05) is 30.3 Å². The number of ether oxygens (including phenoxy) is 1. The molecule has 0 bridgehead atoms. The lowest BCUT2D eigenvalue weighted by Gasteiger charge is -2.08. The van der Waals surface area contributed by atoms with Crippen molar-refractivity contribution in [2.75, 3.05) is 12.8 Å². The van der Waals surface area contributed by atoms with Gasteiger partial charge in [-0.05, 0) is 24.3 Å². The molecule has 2 aromatic heterocycles. The number of benzene rings is 1. The molecule has 3 rings (SSSR count). The molecule has 1 aromatic carbocycles. The molecule has 0 aliphatic rings. The Morgan fingerprint density at radius 2 is 2.16 bits per heavy atom. The number of nitrogens with zero attached hydrogens (tertiary/aromatic N) is 3. The van der Waals surface area contributed by atoms with Crippen LogP contribution in [0.5, 0.6) is 5.75 Å². The lowest BCUT2D eigenvalue weighted by Crippen LogP contribution is -2.01. The zero-order valence-corrected chi connectivity index (χ0v) is 11.8. The van der Waals surface area contributed by atoms with E-state index < -0.39 is 0 Å². The van der Waals surface area contributed by atoms with Gasteiger partial charge in [-0.3, -0.25) is 4.57 Å². The molecule has 0 spiro atoms. The van der Waals surface area contributed by atoms with Gasteiger partial charge >= 0.3 is 0 Å². The van der Waals surface area contributed by atoms with E-state index in [2.05, 4.69) is 25.9 Å². The van der Waals surface area contributed by atoms with Crippen LogP contribution in [0.1, 0.15) is 0 Å². The number of nitrogen functional groups attached to an aromatic ring is 1. The molecule has 0 fully saturated rings. The molecule has 0 aliphatic heterocycles. The molecule has 2 N–H and O–H groups in total. The van der Waals surface area contributed by atoms with Crippen molar-refractivity contribution < 1.29 is 4.74 Å². The number of hydrogen-bond acceptors (Lipinski definition) is 4. The van der Waals surface area contributed by atoms with Crippen LogP contribution >= 0.6 is 15.9 Å². The van der Waals surface area contributed by atoms with Crippen LogP contribution in [0.4, 0.5) is 5.95 Å². The SMILES string of the molecule is COc1cc(Br)cc(-n2c(N)nc3cccnc32)c1. The number of anilines is 1. The quantitative estimate of drug-likeness (QED) is 0.789. The van der Waals surface area contributed by atoms with Gasteiger partial charge in [0.25, 0.3) is 0 Å². The van der Waals surface area contributed by atoms with Crippen molar-refractivity contribution >= 4 is 33.0 Å². The van der Waals surface area contributed by atoms with Crippen molar-refractivity contribution in [1.29, 1.82) is 0 Å². The molecule has 2 heterocycles. The molecular weight excluding hydrogens is 308 g/mol. The molecule has 0 atom stereocenters. The van der Waals surface area contributed by atoms with E-state index >= 15 is 0 Å². The minimum atomic E-state index is 0.397. The third-order valence-electron chi connectivity index (χ3n) is 2.79. The summed E-state index contributed by atoms with van der Waals surface area (Å²) in [5, 5.41) is 0. The number of imidazole rings is 1. The summed E-state index contributed by atoms with van der Waals surface area (Å²) in [5.74, 6) is 1.13. The monoisotopic (exact) mass is 318 g/mol. The van der Waals surface area contributed by atoms with Crippen molar-refractivity contribution in [2.24, 2.45) is 0 Å². The maximum Gasteiger partial charge on any atom is 0.207 e. The molecule has 0 radical (unpaired) electrons. The number of rotatable bonds is 2. The maximum atomic E-state index is 5.98. The van der Waals surface area contributed by atoms with Gasteiger partial charge in [0, 0.05) is 16.7 Å². The first-order chi connectivity index (χ1) is 9.19. The third-order valence-corrected chi connectivity index (χ3v) is 3.25. The van der Waals surface area contributed by atoms with Gasteiger partial charge in [0.15, 0.2) is 5.65 Å². The highest BCUT2D eigenvalue weighted by Crippen LogP contribution is 2.27. The van der Waals surface area contributed by atoms with Crippen LogP contribution in [0.15, 0.2) is 41.0 Å². The topological polar surface area (TPSA) is 66.0 Å². The van der Waals surface area contributed by atoms with Gasteiger partial charge in [0.05, 0.1) is 12.8 Å². The van der Waals surface area contributed by atoms with Gasteiger partial charge in [0.1, 0.15) is 11.3 Å². The van der Waals surface area contributed by atoms with Crippen molar-refractivity contribution in [3.05, 3.63) is 41.0 Å². The first-order valence-electron chi connectivity index (χ1n) is 5.63. The van der Waals surface area contributed by atoms with Gasteiger partial charge in [-0.25, -0.2) is 9.97 Å². The highest BCUT2D eigenvalue weighted by Gasteiger charge is 2.12. The Morgan fingerprint density at radius 3 is 2.95 bits per heavy atom. The fraction of sp³-hybridized carbons (Fsp3) is 0.0769. The molecule has 0 aliphatic carbocycles. The zero-order chi connectivity index (χ0) is 13.4. The lowest BCUT2D eigenvalue weighted by atomic mass is 10.3. The number of fused-ring (bicyclic) bond motifs is 1. The summed E-state index contributed by atoms with van der Waals surface area (Å²) in [6.45, 7) is 0. The van der Waals surface area contributed by atoms with Crippen molar-refractivity contribution in [3.63, 3.8) is 0 Å². The fourth-order valence-corrected chi connectivity index (χ4v) is 2.44. The molecule has 0 saturated carbocycles. The van der Waals surface area contributed by atoms with Crippen LogP contribution in [0.25, 0.3) is 16.9 Å². The summed E-state index contributed by atoms with van der Waals surface area (Å²) in [7, 11) is 1.62. The summed E-state index contributed by atoms with van der Waals surface area (Å²) in [6.07, 6.45) is 1.72. The number of methoxy groups -OCH3 is 1. The van der Waals surface area contributed by atoms with Gasteiger partial charge in [-0.1, -0.05) is 15.9 Å². The van der Waals surface area contributed by atoms with E-state index in [1.54, 1.807) is 17.9 Å². The van der Waals surface area contributed by atoms with E-state index in [1.165, 1.54) is 0 Å². The average Bonchev–Trinajstić information content (AvgIpc) is 2.73. The van der Waals surface area contributed by atoms with Gasteiger partial charge in [-0.15, -0.1) is 0 Å². The Hall–Kier alpha value is -2.08. The first kappa shape index (κ1) is 12.0. The number of pyridine rings is 1. The molecule has 5 nitrogen and oxygen atoms in total. The Bertz CT molecular complexity index is 753. The predicted octanol–water partition coefficient (Wildman–Crippen LogP) is 2.77. The van der Waals surface area contributed by atoms with Crippen LogP contribution in [-0.4, -0.2) is 21.6 Å². The second-order valence-electron chi connectivity index (χ2n) is 4.00. The smallest absolute Gasteiger partial charge is 0.207 e. The highest BCUT2D eigenvalue weighted by molar-refractivity contribution is 9.10. The molecule has 0 unspecified atom stereocenters. The van der Waals surface area contributed by atoms with Gasteiger partial charge in [-0.2, -0.15) is 0 Å². The normalized spacial score (nSPS) is 10.8. The number of aromatic nitrogens is 3. The van der Waals surface area contributed by atoms with Gasteiger partial charge in [0.2, 0.25) is 5.95 Å². The Morgan fingerprint density at radius 1 is 1.32 bits per heavy atom. The van der Waals surface area contributed by atoms with E-state index in [-0.39, 0.29) is 0 Å². The standard InChI is InChI=1S/C13H11BrN4O/c1-19-10-6-8(14)5-9(7-10)18-12-11(17-13(18)15)3-2-4-16-12/h2-7H,1H3,(H2,15,17). The summed E-state index contributed by atoms with van der Waals surface area (Å²) in [4.78, 5) is 8.62. The van der Waals surface area contributed by atoms with E-state index in [9.17, 15) is 0 Å². The van der Waals surface area contributed by atoms with Gasteiger partial charge < -0.3 is 10.5 Å². The van der Waals surface area contributed by atoms with Crippen molar-refractivity contribution in [3.8, 4) is 11.4 Å². The van der Waals surface area contributed by atoms with Crippen LogP contribution in [0, 0.1) is 0 Å². The summed E-state index contributed by atoms with van der Waals surface area (Å²) in [6, 6.07) is 9.42. The van der Waals surface area contributed by atoms with Crippen molar-refractivity contribution in [2.45, 2.75) is 0 Å². The molecule has 0 saturated heterocycles. The Balaban J connectivity index is 2.29. The molecule has 3 aromatic rings. The Kier molecular flexibility index (Phi) is 2.87. The number of hydrogen-bond donors (Lipinski definition) is 1. The molecule has 96 valence electrons. The second kappa shape index (κ2) is 4.55. The van der Waals surface area contributed by atoms with Crippen LogP contribution in [0.2, 0.25) is 0 Å². The molecular formula is C13H11BrN4O. The van der Waals surface area contributed by atoms with Crippen LogP contribution < -0.4 is 10.5 Å². The minimum absolute atomic E-state index is 0.397. The summed E-state index contributed by atoms with van der Waals surface area (Å²) < 4.78 is 7.96. The largest absolute Gasteiger partial charge is 0.497 e. The van der Waals surface area contributed by atoms with E-state index in [0.29, 0.717) is 5.95 Å². The lowest BCUT2D eigenvalue weighted by molar-refractivity contribution is 0.414. The number of halogens is 1. The summed E-state index contributed by atoms with van der Waals surface area (Å²) >= 11 is 3.45. The zero-order valence-electron chi connectivity index (χ0n) is 10.2. The second-order valence-corrected chi connectivity index (χ2v) is 4.92. The molecule has 6 heteroatoms. The fourth-order valence-electron chi connectivity index (χ4n) is 1.98. The molecule has 0 amide bonds. The highest BCUT2D eigenvalue weighted by atomic mass is 79.9. The Labute approximate surface area is 118 Å². The van der Waals surface area contributed by atoms with Crippen molar-refractivity contribution in [1.82, 2.24) is 14.5 Å². The minimum Gasteiger partial charge on any atom is -0.497 e. The summed E-state index contributed by atoms with van der Waals surface area (Å²) in [5.41, 5.74) is 8.32. The van der Waals surface area contributed by atoms with E-state index in [0.717, 1.165) is 27.1 Å². The predicted molar refractivity (Wildman–Crippen MR) is 77.5 cm³/mol. The average molecular weight is 319 g/mol. The maximum absolute atomic E-state index is 5.98. The molecule has 19 heavy (non-hydrogen) atoms. The first-order valence-corrected chi connectivity index (χ1v) is 6.42. The van der Waals surface area contributed by atoms with Crippen LogP contribution in [0.3, 0.4) is 0 Å².